The van der Waals surface area contributed by atoms with Crippen LogP contribution in [0.15, 0.2) is 46.8 Å². The van der Waals surface area contributed by atoms with Crippen LogP contribution in [-0.2, 0) is 6.42 Å². The van der Waals surface area contributed by atoms with Crippen LogP contribution in [0, 0.1) is 0 Å². The maximum Gasteiger partial charge on any atom is 0.191 e. The second-order valence-corrected chi connectivity index (χ2v) is 5.81. The van der Waals surface area contributed by atoms with Gasteiger partial charge in [0.25, 0.3) is 0 Å². The van der Waals surface area contributed by atoms with Crippen LogP contribution in [0.3, 0.4) is 0 Å². The Kier molecular flexibility index (Phi) is 7.26. The number of nitrogens with zero attached hydrogens (tertiary/aromatic N) is 1. The minimum absolute atomic E-state index is 0.554. The summed E-state index contributed by atoms with van der Waals surface area (Å²) in [7, 11) is 3.41. The Balaban J connectivity index is 1.63. The number of rotatable bonds is 8. The molecule has 1 heterocycles. The van der Waals surface area contributed by atoms with Gasteiger partial charge >= 0.3 is 0 Å². The first-order valence-electron chi connectivity index (χ1n) is 7.55. The number of guanidine groups is 1. The minimum atomic E-state index is 0.554. The number of thiophene rings is 1. The quantitative estimate of drug-likeness (QED) is 0.443. The molecule has 0 bridgehead atoms. The minimum Gasteiger partial charge on any atom is -0.497 e. The van der Waals surface area contributed by atoms with Crippen molar-refractivity contribution in [3.8, 4) is 11.5 Å². The van der Waals surface area contributed by atoms with Gasteiger partial charge in [0, 0.05) is 24.5 Å². The molecule has 0 aliphatic heterocycles. The standard InChI is InChI=1S/C17H23N3O2S/c1-18-17(19-9-8-16-7-4-12-23-16)20-10-11-22-15-6-3-5-14(13-15)21-2/h3-7,12-13H,8-11H2,1-2H3,(H2,18,19,20). The van der Waals surface area contributed by atoms with Gasteiger partial charge in [-0.05, 0) is 30.0 Å². The van der Waals surface area contributed by atoms with E-state index in [-0.39, 0.29) is 0 Å². The van der Waals surface area contributed by atoms with Crippen molar-refractivity contribution in [1.29, 1.82) is 0 Å². The summed E-state index contributed by atoms with van der Waals surface area (Å²) in [4.78, 5) is 5.57. The fourth-order valence-corrected chi connectivity index (χ4v) is 2.72. The molecule has 0 fully saturated rings. The van der Waals surface area contributed by atoms with E-state index in [4.69, 9.17) is 9.47 Å². The van der Waals surface area contributed by atoms with E-state index in [9.17, 15) is 0 Å². The van der Waals surface area contributed by atoms with E-state index in [0.29, 0.717) is 13.2 Å². The van der Waals surface area contributed by atoms with Crippen LogP contribution < -0.4 is 20.1 Å². The molecule has 5 nitrogen and oxygen atoms in total. The van der Waals surface area contributed by atoms with Gasteiger partial charge in [0.05, 0.1) is 13.7 Å². The fraction of sp³-hybridized carbons (Fsp3) is 0.353. The van der Waals surface area contributed by atoms with Gasteiger partial charge < -0.3 is 20.1 Å². The molecule has 0 aliphatic rings. The van der Waals surface area contributed by atoms with Crippen molar-refractivity contribution in [3.63, 3.8) is 0 Å². The summed E-state index contributed by atoms with van der Waals surface area (Å²) in [5, 5.41) is 8.62. The number of hydrogen-bond donors (Lipinski definition) is 2. The predicted molar refractivity (Wildman–Crippen MR) is 95.9 cm³/mol. The zero-order valence-corrected chi connectivity index (χ0v) is 14.4. The molecule has 2 aromatic rings. The molecule has 0 saturated heterocycles. The van der Waals surface area contributed by atoms with E-state index in [0.717, 1.165) is 30.4 Å². The molecule has 0 saturated carbocycles. The van der Waals surface area contributed by atoms with Crippen molar-refractivity contribution in [1.82, 2.24) is 10.6 Å². The van der Waals surface area contributed by atoms with Gasteiger partial charge in [-0.3, -0.25) is 4.99 Å². The molecule has 1 aromatic carbocycles. The monoisotopic (exact) mass is 333 g/mol. The first-order valence-corrected chi connectivity index (χ1v) is 8.43. The highest BCUT2D eigenvalue weighted by atomic mass is 32.1. The molecular formula is C17H23N3O2S. The summed E-state index contributed by atoms with van der Waals surface area (Å²) >= 11 is 1.77. The van der Waals surface area contributed by atoms with E-state index in [2.05, 4.69) is 33.1 Å². The Labute approximate surface area is 141 Å². The second kappa shape index (κ2) is 9.74. The first kappa shape index (κ1) is 17.1. The molecule has 0 spiro atoms. The van der Waals surface area contributed by atoms with E-state index in [1.165, 1.54) is 4.88 Å². The van der Waals surface area contributed by atoms with Crippen LogP contribution in [0.4, 0.5) is 0 Å². The lowest BCUT2D eigenvalue weighted by molar-refractivity contribution is 0.319. The number of nitrogens with one attached hydrogen (secondary N) is 2. The molecule has 0 radical (unpaired) electrons. The molecule has 0 atom stereocenters. The maximum atomic E-state index is 5.68. The zero-order chi connectivity index (χ0) is 16.3. The van der Waals surface area contributed by atoms with Gasteiger partial charge in [0.15, 0.2) is 5.96 Å². The van der Waals surface area contributed by atoms with Crippen molar-refractivity contribution in [2.45, 2.75) is 6.42 Å². The number of methoxy groups -OCH3 is 1. The van der Waals surface area contributed by atoms with Crippen molar-refractivity contribution in [3.05, 3.63) is 46.7 Å². The summed E-state index contributed by atoms with van der Waals surface area (Å²) in [6.45, 7) is 2.09. The van der Waals surface area contributed by atoms with Crippen molar-refractivity contribution in [2.75, 3.05) is 33.9 Å². The lowest BCUT2D eigenvalue weighted by Gasteiger charge is -2.12. The Morgan fingerprint density at radius 2 is 1.96 bits per heavy atom. The van der Waals surface area contributed by atoms with Crippen LogP contribution in [0.2, 0.25) is 0 Å². The molecule has 0 unspecified atom stereocenters. The fourth-order valence-electron chi connectivity index (χ4n) is 2.01. The lowest BCUT2D eigenvalue weighted by atomic mass is 10.3. The molecule has 6 heteroatoms. The Morgan fingerprint density at radius 3 is 2.70 bits per heavy atom. The van der Waals surface area contributed by atoms with Gasteiger partial charge in [-0.15, -0.1) is 11.3 Å². The topological polar surface area (TPSA) is 54.9 Å². The highest BCUT2D eigenvalue weighted by Crippen LogP contribution is 2.18. The third-order valence-corrected chi connectivity index (χ3v) is 4.11. The van der Waals surface area contributed by atoms with E-state index < -0.39 is 0 Å². The molecule has 0 amide bonds. The Hall–Kier alpha value is -2.21. The second-order valence-electron chi connectivity index (χ2n) is 4.78. The lowest BCUT2D eigenvalue weighted by Crippen LogP contribution is -2.40. The van der Waals surface area contributed by atoms with Crippen LogP contribution in [0.1, 0.15) is 4.88 Å². The number of aliphatic imine (C=N–C) groups is 1. The number of hydrogen-bond acceptors (Lipinski definition) is 4. The van der Waals surface area contributed by atoms with E-state index in [1.807, 2.05) is 24.3 Å². The van der Waals surface area contributed by atoms with Gasteiger partial charge in [0.1, 0.15) is 18.1 Å². The summed E-state index contributed by atoms with van der Waals surface area (Å²) in [6, 6.07) is 11.8. The molecular weight excluding hydrogens is 310 g/mol. The third kappa shape index (κ3) is 6.20. The Bertz CT molecular complexity index is 600. The van der Waals surface area contributed by atoms with E-state index in [1.54, 1.807) is 25.5 Å². The first-order chi connectivity index (χ1) is 11.3. The smallest absolute Gasteiger partial charge is 0.191 e. The largest absolute Gasteiger partial charge is 0.497 e. The zero-order valence-electron chi connectivity index (χ0n) is 13.5. The van der Waals surface area contributed by atoms with Crippen LogP contribution in [0.25, 0.3) is 0 Å². The van der Waals surface area contributed by atoms with Crippen molar-refractivity contribution < 1.29 is 9.47 Å². The van der Waals surface area contributed by atoms with E-state index >= 15 is 0 Å². The number of ether oxygens (including phenoxy) is 2. The molecule has 124 valence electrons. The summed E-state index contributed by atoms with van der Waals surface area (Å²) in [6.07, 6.45) is 0.999. The highest BCUT2D eigenvalue weighted by Gasteiger charge is 2.00. The van der Waals surface area contributed by atoms with Crippen molar-refractivity contribution >= 4 is 17.3 Å². The van der Waals surface area contributed by atoms with Gasteiger partial charge in [-0.1, -0.05) is 12.1 Å². The van der Waals surface area contributed by atoms with Gasteiger partial charge in [0.2, 0.25) is 0 Å². The summed E-state index contributed by atoms with van der Waals surface area (Å²) < 4.78 is 10.9. The normalized spacial score (nSPS) is 11.1. The molecule has 2 rings (SSSR count). The molecule has 2 N–H and O–H groups in total. The highest BCUT2D eigenvalue weighted by molar-refractivity contribution is 7.09. The van der Waals surface area contributed by atoms with Crippen molar-refractivity contribution in [2.24, 2.45) is 4.99 Å². The van der Waals surface area contributed by atoms with Gasteiger partial charge in [-0.2, -0.15) is 0 Å². The summed E-state index contributed by atoms with van der Waals surface area (Å²) in [5.41, 5.74) is 0. The summed E-state index contributed by atoms with van der Waals surface area (Å²) in [5.74, 6) is 2.38. The number of benzene rings is 1. The van der Waals surface area contributed by atoms with Crippen LogP contribution >= 0.6 is 11.3 Å². The molecule has 23 heavy (non-hydrogen) atoms. The Morgan fingerprint density at radius 1 is 1.13 bits per heavy atom. The SMILES string of the molecule is CN=C(NCCOc1cccc(OC)c1)NCCc1cccs1. The molecule has 0 aliphatic carbocycles. The maximum absolute atomic E-state index is 5.68. The average molecular weight is 333 g/mol. The third-order valence-electron chi connectivity index (χ3n) is 3.17. The predicted octanol–water partition coefficient (Wildman–Crippen LogP) is 2.54. The van der Waals surface area contributed by atoms with Crippen LogP contribution in [0.5, 0.6) is 11.5 Å². The average Bonchev–Trinajstić information content (AvgIpc) is 3.10. The van der Waals surface area contributed by atoms with Crippen LogP contribution in [-0.4, -0.2) is 39.8 Å². The van der Waals surface area contributed by atoms with Gasteiger partial charge in [-0.25, -0.2) is 0 Å². The molecule has 1 aromatic heterocycles.